The predicted octanol–water partition coefficient (Wildman–Crippen LogP) is 9.11. The molecule has 3 aromatic rings. The monoisotopic (exact) mass is 1020 g/mol. The van der Waals surface area contributed by atoms with Crippen molar-refractivity contribution in [3.8, 4) is 46.3 Å². The molecule has 7 heterocycles. The van der Waals surface area contributed by atoms with Crippen LogP contribution in [0.4, 0.5) is 0 Å². The SMILES string of the molecule is CCCCCCCC(=O)Oc1cc2c(cc1OC)[C@@]1(CS[C@@H]3c4c(OC(C)=O)c(C)c5c(c4[C@H](COC1=O)N1C3C3c4c(cc(C)c(OC)c4OC(=O)CCCCCCC)C[C@@H]([C@@H]1C#N)N3C)OCO5)NCC2. The molecule has 0 saturated carbocycles. The zero-order valence-corrected chi connectivity index (χ0v) is 44.4. The average molecular weight is 1020 g/mol. The molecule has 0 aromatic heterocycles. The summed E-state index contributed by atoms with van der Waals surface area (Å²) in [6, 6.07) is 5.35. The number of aryl methyl sites for hydroxylation is 1. The number of thioether (sulfide) groups is 1. The summed E-state index contributed by atoms with van der Waals surface area (Å²) in [6.45, 7) is 9.56. The number of nitrogens with one attached hydrogen (secondary N) is 1. The molecular weight excluding hydrogens is 953 g/mol. The van der Waals surface area contributed by atoms with Crippen molar-refractivity contribution >= 4 is 35.6 Å². The Hall–Kier alpha value is -5.54. The van der Waals surface area contributed by atoms with Gasteiger partial charge in [0, 0.05) is 66.4 Å². The summed E-state index contributed by atoms with van der Waals surface area (Å²) in [5, 5.41) is 14.4. The molecule has 73 heavy (non-hydrogen) atoms. The number of rotatable bonds is 17. The minimum Gasteiger partial charge on any atom is -0.493 e. The number of methoxy groups -OCH3 is 2. The molecule has 7 atom stereocenters. The summed E-state index contributed by atoms with van der Waals surface area (Å²) in [5.74, 6) is 0.930. The van der Waals surface area contributed by atoms with Crippen LogP contribution in [-0.2, 0) is 42.3 Å². The number of nitrogens with zero attached hydrogens (tertiary/aromatic N) is 3. The fraction of sp³-hybridized carbons (Fsp3) is 0.589. The average Bonchev–Trinajstić information content (AvgIpc) is 3.86. The number of unbranched alkanes of at least 4 members (excludes halogenated alkanes) is 8. The van der Waals surface area contributed by atoms with Crippen LogP contribution in [0.15, 0.2) is 18.2 Å². The molecule has 2 unspecified atom stereocenters. The lowest BCUT2D eigenvalue weighted by atomic mass is 9.71. The molecule has 16 nitrogen and oxygen atoms in total. The van der Waals surface area contributed by atoms with Gasteiger partial charge in [-0.2, -0.15) is 5.26 Å². The maximum atomic E-state index is 15.3. The molecular formula is C56H70N4O12S. The van der Waals surface area contributed by atoms with Gasteiger partial charge in [-0.1, -0.05) is 71.3 Å². The van der Waals surface area contributed by atoms with Crippen LogP contribution in [0.5, 0.6) is 40.2 Å². The molecule has 0 aliphatic carbocycles. The highest BCUT2D eigenvalue weighted by Crippen LogP contribution is 2.65. The lowest BCUT2D eigenvalue weighted by Gasteiger charge is -2.62. The van der Waals surface area contributed by atoms with Gasteiger partial charge in [-0.15, -0.1) is 11.8 Å². The van der Waals surface area contributed by atoms with Gasteiger partial charge in [-0.3, -0.25) is 29.5 Å². The Labute approximate surface area is 433 Å². The van der Waals surface area contributed by atoms with E-state index in [4.69, 9.17) is 37.9 Å². The van der Waals surface area contributed by atoms with E-state index >= 15 is 4.79 Å². The van der Waals surface area contributed by atoms with E-state index in [2.05, 4.69) is 41.1 Å². The third-order valence-corrected chi connectivity index (χ3v) is 17.3. The zero-order valence-electron chi connectivity index (χ0n) is 43.6. The molecule has 4 bridgehead atoms. The highest BCUT2D eigenvalue weighted by Gasteiger charge is 2.62. The van der Waals surface area contributed by atoms with Gasteiger partial charge in [0.2, 0.25) is 6.79 Å². The van der Waals surface area contributed by atoms with Crippen LogP contribution in [0.3, 0.4) is 0 Å². The Kier molecular flexibility index (Phi) is 15.9. The van der Waals surface area contributed by atoms with E-state index in [0.717, 1.165) is 80.0 Å². The smallest absolute Gasteiger partial charge is 0.331 e. The Balaban J connectivity index is 1.20. The van der Waals surface area contributed by atoms with Crippen LogP contribution in [-0.4, -0.2) is 98.8 Å². The van der Waals surface area contributed by atoms with Gasteiger partial charge in [-0.05, 0) is 81.0 Å². The van der Waals surface area contributed by atoms with E-state index in [0.29, 0.717) is 82.6 Å². The lowest BCUT2D eigenvalue weighted by Crippen LogP contribution is -2.69. The van der Waals surface area contributed by atoms with Crippen molar-refractivity contribution in [2.24, 2.45) is 0 Å². The number of nitriles is 1. The van der Waals surface area contributed by atoms with Crippen molar-refractivity contribution in [3.05, 3.63) is 62.7 Å². The number of carbonyl (C=O) groups is 4. The highest BCUT2D eigenvalue weighted by atomic mass is 32.2. The maximum absolute atomic E-state index is 15.3. The van der Waals surface area contributed by atoms with Crippen LogP contribution in [0.25, 0.3) is 0 Å². The Bertz CT molecular complexity index is 2690. The van der Waals surface area contributed by atoms with Crippen LogP contribution in [0, 0.1) is 25.2 Å². The summed E-state index contributed by atoms with van der Waals surface area (Å²) in [5.41, 5.74) is 4.40. The Morgan fingerprint density at radius 1 is 0.822 bits per heavy atom. The first kappa shape index (κ1) is 52.3. The van der Waals surface area contributed by atoms with Crippen LogP contribution in [0.1, 0.15) is 160 Å². The zero-order chi connectivity index (χ0) is 51.7. The largest absolute Gasteiger partial charge is 0.493 e. The fourth-order valence-corrected chi connectivity index (χ4v) is 14.1. The van der Waals surface area contributed by atoms with Crippen molar-refractivity contribution in [1.82, 2.24) is 15.1 Å². The van der Waals surface area contributed by atoms with Crippen molar-refractivity contribution < 1.29 is 57.1 Å². The van der Waals surface area contributed by atoms with Crippen molar-refractivity contribution in [2.45, 2.75) is 166 Å². The first-order valence-electron chi connectivity index (χ1n) is 26.2. The first-order chi connectivity index (χ1) is 35.3. The summed E-state index contributed by atoms with van der Waals surface area (Å²) >= 11 is 1.49. The minimum atomic E-state index is -1.44. The summed E-state index contributed by atoms with van der Waals surface area (Å²) in [7, 11) is 5.11. The second-order valence-electron chi connectivity index (χ2n) is 20.3. The van der Waals surface area contributed by atoms with Crippen LogP contribution in [0.2, 0.25) is 0 Å². The van der Waals surface area contributed by atoms with Crippen molar-refractivity contribution in [2.75, 3.05) is 47.0 Å². The van der Waals surface area contributed by atoms with Gasteiger partial charge in [0.25, 0.3) is 0 Å². The third kappa shape index (κ3) is 9.50. The molecule has 2 saturated heterocycles. The summed E-state index contributed by atoms with van der Waals surface area (Å²) < 4.78 is 49.9. The number of fused-ring (bicyclic) bond motifs is 9. The number of piperazine rings is 1. The van der Waals surface area contributed by atoms with Crippen molar-refractivity contribution in [1.29, 1.82) is 5.26 Å². The summed E-state index contributed by atoms with van der Waals surface area (Å²) in [6.07, 6.45) is 11.3. The fourth-order valence-electron chi connectivity index (χ4n) is 12.4. The number of esters is 4. The number of hydrogen-bond acceptors (Lipinski definition) is 17. The molecule has 3 aromatic carbocycles. The van der Waals surface area contributed by atoms with Crippen LogP contribution >= 0.6 is 11.8 Å². The molecule has 7 aliphatic heterocycles. The molecule has 10 rings (SSSR count). The normalized spacial score (nSPS) is 24.6. The van der Waals surface area contributed by atoms with Gasteiger partial charge in [0.05, 0.1) is 37.6 Å². The van der Waals surface area contributed by atoms with E-state index in [9.17, 15) is 19.6 Å². The van der Waals surface area contributed by atoms with E-state index in [1.165, 1.54) is 25.8 Å². The van der Waals surface area contributed by atoms with Crippen molar-refractivity contribution in [3.63, 3.8) is 0 Å². The summed E-state index contributed by atoms with van der Waals surface area (Å²) in [4.78, 5) is 60.2. The highest BCUT2D eigenvalue weighted by molar-refractivity contribution is 7.99. The van der Waals surface area contributed by atoms with E-state index in [-0.39, 0.29) is 55.7 Å². The topological polar surface area (TPSA) is 184 Å². The first-order valence-corrected chi connectivity index (χ1v) is 27.3. The quantitative estimate of drug-likeness (QED) is 0.0766. The van der Waals surface area contributed by atoms with Gasteiger partial charge < -0.3 is 37.9 Å². The number of likely N-dealkylation sites (N-methyl/N-ethyl adjacent to an activating group) is 1. The van der Waals surface area contributed by atoms with E-state index in [1.54, 1.807) is 13.2 Å². The molecule has 0 amide bonds. The second-order valence-corrected chi connectivity index (χ2v) is 21.5. The van der Waals surface area contributed by atoms with Crippen LogP contribution < -0.4 is 38.5 Å². The molecule has 0 radical (unpaired) electrons. The molecule has 7 aliphatic rings. The molecule has 392 valence electrons. The van der Waals surface area contributed by atoms with E-state index in [1.807, 2.05) is 27.0 Å². The van der Waals surface area contributed by atoms with Gasteiger partial charge >= 0.3 is 23.9 Å². The molecule has 17 heteroatoms. The van der Waals surface area contributed by atoms with Gasteiger partial charge in [0.1, 0.15) is 18.4 Å². The second kappa shape index (κ2) is 22.1. The van der Waals surface area contributed by atoms with Gasteiger partial charge in [0.15, 0.2) is 40.0 Å². The molecule has 2 fully saturated rings. The number of carbonyl (C=O) groups excluding carboxylic acids is 4. The number of ether oxygens (including phenoxy) is 8. The lowest BCUT2D eigenvalue weighted by molar-refractivity contribution is -0.157. The maximum Gasteiger partial charge on any atom is 0.331 e. The molecule has 1 spiro atoms. The standard InChI is InChI=1S/C56H70N4O12S/c1-9-11-13-15-17-19-42(62)71-41-25-34-21-22-58-56(36(34)26-40(41)65-7)29-73-54-46-45(52-51(68-30-69-52)32(4)50(46)70-33(5)61)39(28-67-55(56)64)60-38(27-57)37-24-35-23-31(3)49(66-8)53(44(35)47(48(54)60)59(37)6)72-43(63)20-18-16-14-12-10-2/h23,25-26,37-39,47-48,54,58H,9-22,24,28-30H2,1-8H3/t37-,38-,39-,47?,48?,54+,56+/m0/s1. The van der Waals surface area contributed by atoms with Gasteiger partial charge in [-0.25, -0.2) is 4.79 Å². The number of hydrogen-bond donors (Lipinski definition) is 1. The predicted molar refractivity (Wildman–Crippen MR) is 273 cm³/mol. The minimum absolute atomic E-state index is 0.0860. The Morgan fingerprint density at radius 2 is 1.52 bits per heavy atom. The number of benzene rings is 3. The Morgan fingerprint density at radius 3 is 2.19 bits per heavy atom. The van der Waals surface area contributed by atoms with E-state index < -0.39 is 46.9 Å². The third-order valence-electron chi connectivity index (χ3n) is 15.8. The molecule has 1 N–H and O–H groups in total.